The first kappa shape index (κ1) is 17.8. The molecule has 8 nitrogen and oxygen atoms in total. The first-order valence-electron chi connectivity index (χ1n) is 9.46. The molecule has 1 aromatic carbocycles. The number of para-hydroxylation sites is 2. The lowest BCUT2D eigenvalue weighted by atomic mass is 10.3. The average Bonchev–Trinajstić information content (AvgIpc) is 3.19. The molecule has 2 saturated heterocycles. The van der Waals surface area contributed by atoms with Gasteiger partial charge in [-0.25, -0.2) is 4.98 Å². The third-order valence-electron chi connectivity index (χ3n) is 5.09. The molecular weight excluding hydrogens is 424 g/mol. The fraction of sp³-hybridized carbons (Fsp3) is 0.421. The molecule has 2 aliphatic heterocycles. The lowest BCUT2D eigenvalue weighted by Gasteiger charge is -2.32. The smallest absolute Gasteiger partial charge is 0.239 e. The van der Waals surface area contributed by atoms with Crippen LogP contribution in [0.5, 0.6) is 0 Å². The van der Waals surface area contributed by atoms with Crippen molar-refractivity contribution < 1.29 is 9.47 Å². The highest BCUT2D eigenvalue weighted by atomic mass is 79.9. The Kier molecular flexibility index (Phi) is 4.87. The summed E-state index contributed by atoms with van der Waals surface area (Å²) in [6, 6.07) is 8.03. The van der Waals surface area contributed by atoms with Gasteiger partial charge < -0.3 is 19.3 Å². The van der Waals surface area contributed by atoms with Crippen LogP contribution in [0, 0.1) is 0 Å². The van der Waals surface area contributed by atoms with Gasteiger partial charge in [0.1, 0.15) is 10.8 Å². The molecule has 2 aromatic heterocycles. The molecule has 28 heavy (non-hydrogen) atoms. The van der Waals surface area contributed by atoms with Crippen LogP contribution < -0.4 is 9.80 Å². The fourth-order valence-corrected chi connectivity index (χ4v) is 4.29. The van der Waals surface area contributed by atoms with E-state index in [4.69, 9.17) is 19.4 Å². The van der Waals surface area contributed by atoms with Gasteiger partial charge in [0.2, 0.25) is 5.95 Å². The van der Waals surface area contributed by atoms with E-state index in [0.717, 1.165) is 53.3 Å². The second kappa shape index (κ2) is 7.65. The normalized spacial score (nSPS) is 18.0. The Balaban J connectivity index is 1.65. The van der Waals surface area contributed by atoms with Gasteiger partial charge in [-0.15, -0.1) is 0 Å². The Morgan fingerprint density at radius 3 is 2.00 bits per heavy atom. The quantitative estimate of drug-likeness (QED) is 0.613. The Morgan fingerprint density at radius 1 is 0.821 bits per heavy atom. The number of aromatic nitrogens is 4. The molecule has 5 rings (SSSR count). The predicted molar refractivity (Wildman–Crippen MR) is 110 cm³/mol. The molecule has 0 atom stereocenters. The molecule has 0 bridgehead atoms. The minimum atomic E-state index is 0.625. The molecule has 2 aliphatic rings. The molecule has 3 aromatic rings. The maximum absolute atomic E-state index is 5.53. The van der Waals surface area contributed by atoms with Crippen molar-refractivity contribution in [2.75, 3.05) is 62.4 Å². The summed E-state index contributed by atoms with van der Waals surface area (Å²) in [6.45, 7) is 6.04. The number of nitrogens with zero attached hydrogens (tertiary/aromatic N) is 6. The summed E-state index contributed by atoms with van der Waals surface area (Å²) < 4.78 is 13.9. The lowest BCUT2D eigenvalue weighted by Crippen LogP contribution is -2.39. The minimum absolute atomic E-state index is 0.625. The van der Waals surface area contributed by atoms with Crippen molar-refractivity contribution in [3.63, 3.8) is 0 Å². The van der Waals surface area contributed by atoms with Gasteiger partial charge in [0.05, 0.1) is 37.5 Å². The number of morpholine rings is 2. The van der Waals surface area contributed by atoms with Crippen LogP contribution >= 0.6 is 15.9 Å². The van der Waals surface area contributed by atoms with E-state index in [1.807, 2.05) is 28.8 Å². The van der Waals surface area contributed by atoms with Crippen LogP contribution in [0.3, 0.4) is 0 Å². The van der Waals surface area contributed by atoms with E-state index in [1.54, 1.807) is 6.33 Å². The number of hydrogen-bond donors (Lipinski definition) is 0. The molecule has 0 saturated carbocycles. The van der Waals surface area contributed by atoms with Crippen molar-refractivity contribution in [3.8, 4) is 5.95 Å². The van der Waals surface area contributed by atoms with E-state index >= 15 is 0 Å². The SMILES string of the molecule is Brc1c(N2CCOCC2)nc(-n2cnc3ccccc32)nc1N1CCOCC1. The van der Waals surface area contributed by atoms with Gasteiger partial charge >= 0.3 is 0 Å². The highest BCUT2D eigenvalue weighted by Gasteiger charge is 2.25. The number of fused-ring (bicyclic) bond motifs is 1. The van der Waals surface area contributed by atoms with Gasteiger partial charge in [-0.1, -0.05) is 12.1 Å². The van der Waals surface area contributed by atoms with Crippen LogP contribution in [0.2, 0.25) is 0 Å². The van der Waals surface area contributed by atoms with Gasteiger partial charge in [-0.2, -0.15) is 9.97 Å². The van der Waals surface area contributed by atoms with Crippen LogP contribution in [-0.2, 0) is 9.47 Å². The highest BCUT2D eigenvalue weighted by Crippen LogP contribution is 2.35. The highest BCUT2D eigenvalue weighted by molar-refractivity contribution is 9.10. The summed E-state index contributed by atoms with van der Waals surface area (Å²) in [7, 11) is 0. The van der Waals surface area contributed by atoms with Gasteiger partial charge in [0, 0.05) is 26.2 Å². The lowest BCUT2D eigenvalue weighted by molar-refractivity contribution is 0.121. The summed E-state index contributed by atoms with van der Waals surface area (Å²) >= 11 is 3.78. The molecule has 0 N–H and O–H groups in total. The van der Waals surface area contributed by atoms with E-state index in [9.17, 15) is 0 Å². The molecule has 0 spiro atoms. The Labute approximate surface area is 171 Å². The maximum atomic E-state index is 5.53. The van der Waals surface area contributed by atoms with E-state index in [2.05, 4.69) is 30.7 Å². The molecule has 4 heterocycles. The number of rotatable bonds is 3. The zero-order valence-electron chi connectivity index (χ0n) is 15.4. The van der Waals surface area contributed by atoms with Crippen molar-refractivity contribution in [2.24, 2.45) is 0 Å². The largest absolute Gasteiger partial charge is 0.378 e. The number of anilines is 2. The van der Waals surface area contributed by atoms with Gasteiger partial charge in [0.25, 0.3) is 0 Å². The van der Waals surface area contributed by atoms with Gasteiger partial charge in [0.15, 0.2) is 11.6 Å². The van der Waals surface area contributed by atoms with Crippen LogP contribution in [0.25, 0.3) is 17.0 Å². The predicted octanol–water partition coefficient (Wildman–Crippen LogP) is 2.25. The third kappa shape index (κ3) is 3.23. The van der Waals surface area contributed by atoms with Crippen LogP contribution in [-0.4, -0.2) is 72.1 Å². The Hall–Kier alpha value is -2.23. The third-order valence-corrected chi connectivity index (χ3v) is 5.80. The van der Waals surface area contributed by atoms with Gasteiger partial charge in [-0.3, -0.25) is 4.57 Å². The van der Waals surface area contributed by atoms with E-state index in [-0.39, 0.29) is 0 Å². The fourth-order valence-electron chi connectivity index (χ4n) is 3.61. The molecule has 0 unspecified atom stereocenters. The molecular formula is C19H21BrN6O2. The van der Waals surface area contributed by atoms with Crippen LogP contribution in [0.4, 0.5) is 11.6 Å². The van der Waals surface area contributed by atoms with Crippen LogP contribution in [0.1, 0.15) is 0 Å². The molecule has 9 heteroatoms. The second-order valence-electron chi connectivity index (χ2n) is 6.79. The molecule has 2 fully saturated rings. The zero-order chi connectivity index (χ0) is 18.9. The molecule has 0 aliphatic carbocycles. The Morgan fingerprint density at radius 2 is 1.39 bits per heavy atom. The van der Waals surface area contributed by atoms with Crippen molar-refractivity contribution in [1.29, 1.82) is 0 Å². The van der Waals surface area contributed by atoms with E-state index in [0.29, 0.717) is 32.4 Å². The number of imidazole rings is 1. The number of benzene rings is 1. The summed E-state index contributed by atoms with van der Waals surface area (Å²) in [4.78, 5) is 18.9. The summed E-state index contributed by atoms with van der Waals surface area (Å²) in [6.07, 6.45) is 1.79. The maximum Gasteiger partial charge on any atom is 0.239 e. The first-order valence-corrected chi connectivity index (χ1v) is 10.3. The van der Waals surface area contributed by atoms with Crippen molar-refractivity contribution in [3.05, 3.63) is 35.1 Å². The summed E-state index contributed by atoms with van der Waals surface area (Å²) in [5.41, 5.74) is 1.92. The number of halogens is 1. The van der Waals surface area contributed by atoms with Crippen molar-refractivity contribution in [1.82, 2.24) is 19.5 Å². The van der Waals surface area contributed by atoms with Gasteiger partial charge in [-0.05, 0) is 28.1 Å². The monoisotopic (exact) mass is 444 g/mol. The molecule has 146 valence electrons. The summed E-state index contributed by atoms with van der Waals surface area (Å²) in [5.74, 6) is 2.42. The standard InChI is InChI=1S/C19H21BrN6O2/c20-16-17(24-5-9-27-10-6-24)22-19(23-18(16)25-7-11-28-12-8-25)26-13-21-14-3-1-2-4-15(14)26/h1-4,13H,5-12H2. The van der Waals surface area contributed by atoms with E-state index < -0.39 is 0 Å². The van der Waals surface area contributed by atoms with Crippen molar-refractivity contribution in [2.45, 2.75) is 0 Å². The zero-order valence-corrected chi connectivity index (χ0v) is 17.0. The van der Waals surface area contributed by atoms with Crippen LogP contribution in [0.15, 0.2) is 35.1 Å². The molecule has 0 radical (unpaired) electrons. The molecule has 0 amide bonds. The minimum Gasteiger partial charge on any atom is -0.378 e. The topological polar surface area (TPSA) is 68.5 Å². The Bertz CT molecular complexity index is 942. The second-order valence-corrected chi connectivity index (χ2v) is 7.58. The summed E-state index contributed by atoms with van der Waals surface area (Å²) in [5, 5.41) is 0. The van der Waals surface area contributed by atoms with Crippen molar-refractivity contribution >= 4 is 38.6 Å². The van der Waals surface area contributed by atoms with E-state index in [1.165, 1.54) is 0 Å². The first-order chi connectivity index (χ1) is 13.8. The number of hydrogen-bond acceptors (Lipinski definition) is 7. The number of ether oxygens (including phenoxy) is 2. The average molecular weight is 445 g/mol.